The van der Waals surface area contributed by atoms with Gasteiger partial charge in [-0.25, -0.2) is 8.78 Å². The highest BCUT2D eigenvalue weighted by atomic mass is 19.4. The SMILES string of the molecule is CC[C@H](C)[C@@H]1NC(=O)[C@H](CC(C)C)N(C)C(=O)C[C@@H](C(=O)N2CCCC2)N(C)C(=O)[C@H]([C@@H](C)CC)N(C)C(=O)C2(CCCC2)NC(=O)[C@@H]2CCCN2C(=O)[C@H](CCc2cc(F)c(C(F)(F)F)c(F)c2)NC(=O)CN(C)C(=O)[C@H](Cc2ccc(C(F)(F)F)cc2)N(CC)C(=O)[C@@H]2CCN2C(=O)[C@H](C)N(C)C1=O. The van der Waals surface area contributed by atoms with E-state index in [-0.39, 0.29) is 75.2 Å². The summed E-state index contributed by atoms with van der Waals surface area (Å²) in [6, 6.07) is -8.18. The van der Waals surface area contributed by atoms with Crippen molar-refractivity contribution in [2.45, 2.75) is 230 Å². The lowest BCUT2D eigenvalue weighted by Crippen LogP contribution is -2.65. The molecule has 4 saturated heterocycles. The van der Waals surface area contributed by atoms with E-state index in [0.717, 1.165) is 55.8 Å². The quantitative estimate of drug-likeness (QED) is 0.186. The Kier molecular flexibility index (Phi) is 28.4. The van der Waals surface area contributed by atoms with Gasteiger partial charge in [0.25, 0.3) is 0 Å². The fourth-order valence-corrected chi connectivity index (χ4v) is 15.1. The molecule has 7 rings (SSSR count). The van der Waals surface area contributed by atoms with Crippen LogP contribution in [0.4, 0.5) is 35.1 Å². The van der Waals surface area contributed by atoms with E-state index in [9.17, 15) is 50.3 Å². The van der Waals surface area contributed by atoms with Crippen LogP contribution < -0.4 is 16.0 Å². The molecule has 4 heterocycles. The van der Waals surface area contributed by atoms with Gasteiger partial charge in [-0.2, -0.15) is 26.3 Å². The molecule has 32 heteroatoms. The number of aryl methyl sites for hydroxylation is 1. The second kappa shape index (κ2) is 35.5. The summed E-state index contributed by atoms with van der Waals surface area (Å²) >= 11 is 0. The molecule has 2 aromatic carbocycles. The van der Waals surface area contributed by atoms with Crippen molar-refractivity contribution in [3.8, 4) is 0 Å². The molecule has 3 N–H and O–H groups in total. The number of carbonyl (C=O) groups is 12. The minimum Gasteiger partial charge on any atom is -0.343 e. The van der Waals surface area contributed by atoms with Crippen molar-refractivity contribution in [3.05, 3.63) is 70.3 Å². The van der Waals surface area contributed by atoms with Gasteiger partial charge in [0.1, 0.15) is 77.1 Å². The van der Waals surface area contributed by atoms with Gasteiger partial charge in [0, 0.05) is 74.4 Å². The minimum atomic E-state index is -5.44. The maximum Gasteiger partial charge on any atom is 0.422 e. The van der Waals surface area contributed by atoms with Crippen LogP contribution in [0.25, 0.3) is 0 Å². The van der Waals surface area contributed by atoms with Crippen molar-refractivity contribution in [1.29, 1.82) is 0 Å². The topological polar surface area (TPSA) is 270 Å². The highest BCUT2D eigenvalue weighted by Crippen LogP contribution is 2.37. The van der Waals surface area contributed by atoms with Crippen LogP contribution in [-0.4, -0.2) is 249 Å². The van der Waals surface area contributed by atoms with Gasteiger partial charge in [-0.05, 0) is 131 Å². The average Bonchev–Trinajstić information content (AvgIpc) is 1.03. The Balaban J connectivity index is 1.33. The van der Waals surface area contributed by atoms with E-state index in [2.05, 4.69) is 16.0 Å². The van der Waals surface area contributed by atoms with E-state index >= 15 is 42.3 Å². The number of likely N-dealkylation sites (N-methyl/N-ethyl adjacent to an activating group) is 6. The lowest BCUT2D eigenvalue weighted by molar-refractivity contribution is -0.161. The van der Waals surface area contributed by atoms with Gasteiger partial charge in [0.15, 0.2) is 0 Å². The van der Waals surface area contributed by atoms with Gasteiger partial charge in [0.2, 0.25) is 70.9 Å². The molecule has 2 aromatic rings. The number of alkyl halides is 6. The molecule has 24 nitrogen and oxygen atoms in total. The third-order valence-electron chi connectivity index (χ3n) is 22.1. The second-order valence-electron chi connectivity index (χ2n) is 29.7. The predicted molar refractivity (Wildman–Crippen MR) is 372 cm³/mol. The Morgan fingerprint density at radius 1 is 0.604 bits per heavy atom. The number of benzene rings is 2. The summed E-state index contributed by atoms with van der Waals surface area (Å²) in [5.74, 6) is -15.0. The number of likely N-dealkylation sites (tertiary alicyclic amines) is 1. The van der Waals surface area contributed by atoms with Crippen LogP contribution in [0.5, 0.6) is 0 Å². The van der Waals surface area contributed by atoms with Crippen LogP contribution >= 0.6 is 0 Å². The standard InChI is InChI=1S/C74H104F8N12O12/c1-14-43(6)60-69(104)87(10)45(8)64(99)94-35-29-53(94)68(103)92(16-3)56(39-46-23-26-48(27-24-46)73(77,78)79)66(101)86(9)41-57(95)83-51(28-25-47-37-49(75)59(50(76)38-47)74(80,81)82)65(100)93-34-21-22-52(93)63(98)85-72(30-17-18-31-72)71(106)90(13)61(44(7)15-2)70(105)89(12)55(67(102)91-32-19-20-33-91)40-58(96)88(11)54(36-42(4)5)62(97)84-60/h23-24,26-27,37-38,42-45,51-56,60-61H,14-22,25,28-36,39-41H2,1-13H3,(H,83,95)(H,84,97)(H,85,98)/t43-,44-,45-,51-,52-,53-,54-,55-,56-,60-,61-/m0/s1. The molecule has 1 spiro atoms. The molecule has 0 aromatic heterocycles. The summed E-state index contributed by atoms with van der Waals surface area (Å²) in [7, 11) is 6.62. The van der Waals surface area contributed by atoms with E-state index in [0.29, 0.717) is 63.7 Å². The van der Waals surface area contributed by atoms with Crippen LogP contribution in [0.2, 0.25) is 0 Å². The number of hydrogen-bond donors (Lipinski definition) is 3. The minimum absolute atomic E-state index is 0.0129. The number of nitrogens with one attached hydrogen (secondary N) is 3. The lowest BCUT2D eigenvalue weighted by Gasteiger charge is -2.45. The van der Waals surface area contributed by atoms with Crippen LogP contribution in [0, 0.1) is 29.4 Å². The number of carbonyl (C=O) groups excluding carboxylic acids is 12. The first-order valence-corrected chi connectivity index (χ1v) is 36.8. The maximum absolute atomic E-state index is 15.5. The van der Waals surface area contributed by atoms with Gasteiger partial charge < -0.3 is 60.0 Å². The molecule has 5 fully saturated rings. The predicted octanol–water partition coefficient (Wildman–Crippen LogP) is 6.34. The zero-order valence-corrected chi connectivity index (χ0v) is 62.9. The average molecular weight is 1510 g/mol. The summed E-state index contributed by atoms with van der Waals surface area (Å²) in [6.07, 6.45) is -9.36. The number of hydrogen-bond acceptors (Lipinski definition) is 12. The molecule has 12 amide bonds. The van der Waals surface area contributed by atoms with Gasteiger partial charge in [0.05, 0.1) is 18.5 Å². The van der Waals surface area contributed by atoms with Gasteiger partial charge in [-0.15, -0.1) is 0 Å². The number of fused-ring (bicyclic) bond motifs is 2. The van der Waals surface area contributed by atoms with Gasteiger partial charge in [-0.1, -0.05) is 79.4 Å². The summed E-state index contributed by atoms with van der Waals surface area (Å²) < 4.78 is 113. The second-order valence-corrected chi connectivity index (χ2v) is 29.7. The Hall–Kier alpha value is -8.48. The molecule has 0 unspecified atom stereocenters. The first kappa shape index (κ1) is 84.8. The van der Waals surface area contributed by atoms with Gasteiger partial charge in [-0.3, -0.25) is 57.5 Å². The zero-order valence-electron chi connectivity index (χ0n) is 62.9. The normalized spacial score (nSPS) is 26.2. The highest BCUT2D eigenvalue weighted by Gasteiger charge is 2.52. The molecular formula is C74H104F8N12O12. The molecule has 1 saturated carbocycles. The summed E-state index contributed by atoms with van der Waals surface area (Å²) in [5, 5.41) is 8.33. The zero-order chi connectivity index (χ0) is 78.9. The van der Waals surface area contributed by atoms with Gasteiger partial charge >= 0.3 is 12.4 Å². The van der Waals surface area contributed by atoms with Crippen LogP contribution in [-0.2, 0) is 82.7 Å². The molecule has 1 aliphatic carbocycles. The van der Waals surface area contributed by atoms with E-state index < -0.39 is 210 Å². The Bertz CT molecular complexity index is 3550. The smallest absolute Gasteiger partial charge is 0.343 e. The number of rotatable bonds is 13. The molecule has 5 aliphatic rings. The maximum atomic E-state index is 15.5. The van der Waals surface area contributed by atoms with Crippen molar-refractivity contribution in [1.82, 2.24) is 60.0 Å². The lowest BCUT2D eigenvalue weighted by atomic mass is 9.90. The molecule has 4 aliphatic heterocycles. The summed E-state index contributed by atoms with van der Waals surface area (Å²) in [6.45, 7) is 12.8. The van der Waals surface area contributed by atoms with Crippen molar-refractivity contribution in [3.63, 3.8) is 0 Å². The fraction of sp³-hybridized carbons (Fsp3) is 0.676. The first-order valence-electron chi connectivity index (χ1n) is 36.8. The molecule has 588 valence electrons. The summed E-state index contributed by atoms with van der Waals surface area (Å²) in [4.78, 5) is 191. The molecule has 11 atom stereocenters. The Labute approximate surface area is 614 Å². The first-order chi connectivity index (χ1) is 49.6. The molecule has 0 radical (unpaired) electrons. The van der Waals surface area contributed by atoms with Crippen molar-refractivity contribution >= 4 is 70.9 Å². The third kappa shape index (κ3) is 19.3. The van der Waals surface area contributed by atoms with Crippen LogP contribution in [0.3, 0.4) is 0 Å². The van der Waals surface area contributed by atoms with E-state index in [4.69, 9.17) is 0 Å². The Morgan fingerprint density at radius 2 is 1.20 bits per heavy atom. The summed E-state index contributed by atoms with van der Waals surface area (Å²) in [5.41, 5.74) is -5.17. The van der Waals surface area contributed by atoms with Crippen LogP contribution in [0.1, 0.15) is 168 Å². The van der Waals surface area contributed by atoms with Crippen molar-refractivity contribution < 1.29 is 92.7 Å². The third-order valence-corrected chi connectivity index (χ3v) is 22.1. The molecule has 106 heavy (non-hydrogen) atoms. The fourth-order valence-electron chi connectivity index (χ4n) is 15.1. The van der Waals surface area contributed by atoms with E-state index in [1.54, 1.807) is 32.6 Å². The number of halogens is 8. The molecule has 0 bridgehead atoms. The van der Waals surface area contributed by atoms with E-state index in [1.807, 2.05) is 13.8 Å². The van der Waals surface area contributed by atoms with Crippen molar-refractivity contribution in [2.24, 2.45) is 17.8 Å². The monoisotopic (exact) mass is 1500 g/mol. The molecular weight excluding hydrogens is 1400 g/mol. The highest BCUT2D eigenvalue weighted by molar-refractivity contribution is 6.01. The van der Waals surface area contributed by atoms with E-state index in [1.165, 1.54) is 56.7 Å². The van der Waals surface area contributed by atoms with Crippen LogP contribution in [0.15, 0.2) is 36.4 Å². The largest absolute Gasteiger partial charge is 0.422 e. The van der Waals surface area contributed by atoms with Crippen molar-refractivity contribution in [2.75, 3.05) is 74.5 Å². The number of nitrogens with zero attached hydrogens (tertiary/aromatic N) is 9. The number of amides is 12. The Morgan fingerprint density at radius 3 is 1.74 bits per heavy atom.